The van der Waals surface area contributed by atoms with Crippen LogP contribution in [-0.2, 0) is 16.0 Å². The highest BCUT2D eigenvalue weighted by molar-refractivity contribution is 5.87. The molecule has 0 radical (unpaired) electrons. The summed E-state index contributed by atoms with van der Waals surface area (Å²) in [5.74, 6) is -39.7. The maximum Gasteiger partial charge on any atom is 0.460 e. The smallest absolute Gasteiger partial charge is 0.354 e. The largest absolute Gasteiger partial charge is 0.460 e. The number of aromatic nitrogens is 2. The number of nitrogens with one attached hydrogen (secondary N) is 3. The van der Waals surface area contributed by atoms with Gasteiger partial charge in [-0.15, -0.1) is 0 Å². The Bertz CT molecular complexity index is 919. The molecular weight excluding hydrogens is 553 g/mol. The third-order valence-electron chi connectivity index (χ3n) is 4.74. The molecule has 20 heteroatoms. The van der Waals surface area contributed by atoms with Crippen LogP contribution >= 0.6 is 0 Å². The van der Waals surface area contributed by atoms with E-state index < -0.39 is 73.0 Å². The highest BCUT2D eigenvalue weighted by Crippen LogP contribution is 2.60. The first-order valence-corrected chi connectivity index (χ1v) is 9.77. The van der Waals surface area contributed by atoms with Gasteiger partial charge in [-0.05, 0) is 0 Å². The molecule has 37 heavy (non-hydrogen) atoms. The number of nitrogens with zero attached hydrogens (tertiary/aromatic N) is 1. The standard InChI is InChI=1S/C17H18F13N5O2/c18-12(19,13(20,21)14(22,23)15(24,25)16(26,27)17(28,29)30)2-4-33-11(37)9(35-10(36)1-3-31)5-8-6-32-7-34-8/h6-7,9H,1-5,31H2,(H,32,34)(H,33,37)(H,35,36). The molecule has 1 atom stereocenters. The number of halogens is 13. The summed E-state index contributed by atoms with van der Waals surface area (Å²) in [6, 6.07) is -1.61. The third kappa shape index (κ3) is 6.38. The minimum atomic E-state index is -8.00. The number of rotatable bonds is 13. The zero-order valence-electron chi connectivity index (χ0n) is 18.0. The Hall–Kier alpha value is -2.80. The molecule has 0 aliphatic heterocycles. The van der Waals surface area contributed by atoms with Gasteiger partial charge in [0.15, 0.2) is 0 Å². The van der Waals surface area contributed by atoms with Crippen LogP contribution in [0.25, 0.3) is 0 Å². The Balaban J connectivity index is 3.04. The summed E-state index contributed by atoms with van der Waals surface area (Å²) in [6.07, 6.45) is -8.55. The lowest BCUT2D eigenvalue weighted by Gasteiger charge is -2.39. The van der Waals surface area contributed by atoms with Gasteiger partial charge < -0.3 is 21.4 Å². The monoisotopic (exact) mass is 571 g/mol. The number of hydrogen-bond acceptors (Lipinski definition) is 4. The number of carbonyl (C=O) groups excluding carboxylic acids is 2. The Morgan fingerprint density at radius 3 is 1.89 bits per heavy atom. The van der Waals surface area contributed by atoms with Gasteiger partial charge in [0.05, 0.1) is 6.33 Å². The first-order chi connectivity index (χ1) is 16.6. The van der Waals surface area contributed by atoms with Crippen molar-refractivity contribution >= 4 is 11.8 Å². The fraction of sp³-hybridized carbons (Fsp3) is 0.706. The topological polar surface area (TPSA) is 113 Å². The van der Waals surface area contributed by atoms with Crippen molar-refractivity contribution in [2.75, 3.05) is 13.1 Å². The van der Waals surface area contributed by atoms with Crippen LogP contribution in [-0.4, -0.2) is 76.7 Å². The number of H-pyrrole nitrogens is 1. The fourth-order valence-corrected chi connectivity index (χ4v) is 2.65. The molecule has 1 heterocycles. The average molecular weight is 571 g/mol. The lowest BCUT2D eigenvalue weighted by Crippen LogP contribution is -2.70. The number of nitrogens with two attached hydrogens (primary N) is 1. The van der Waals surface area contributed by atoms with E-state index in [-0.39, 0.29) is 18.7 Å². The van der Waals surface area contributed by atoms with Crippen LogP contribution in [0.2, 0.25) is 0 Å². The molecule has 7 nitrogen and oxygen atoms in total. The lowest BCUT2D eigenvalue weighted by atomic mass is 9.92. The molecule has 1 aromatic rings. The van der Waals surface area contributed by atoms with E-state index in [0.29, 0.717) is 0 Å². The van der Waals surface area contributed by atoms with E-state index in [9.17, 15) is 66.7 Å². The van der Waals surface area contributed by atoms with Gasteiger partial charge in [0.1, 0.15) is 6.04 Å². The molecule has 5 N–H and O–H groups in total. The Morgan fingerprint density at radius 2 is 1.43 bits per heavy atom. The normalized spacial score (nSPS) is 14.9. The summed E-state index contributed by atoms with van der Waals surface area (Å²) in [4.78, 5) is 30.0. The highest BCUT2D eigenvalue weighted by atomic mass is 19.4. The molecule has 0 saturated heterocycles. The summed E-state index contributed by atoms with van der Waals surface area (Å²) >= 11 is 0. The molecule has 0 fully saturated rings. The van der Waals surface area contributed by atoms with Crippen molar-refractivity contribution in [3.8, 4) is 0 Å². The van der Waals surface area contributed by atoms with Crippen LogP contribution in [0.1, 0.15) is 18.5 Å². The van der Waals surface area contributed by atoms with Gasteiger partial charge in [0, 0.05) is 44.2 Å². The predicted octanol–water partition coefficient (Wildman–Crippen LogP) is 3.03. The summed E-state index contributed by atoms with van der Waals surface area (Å²) in [5.41, 5.74) is 5.32. The molecule has 0 aliphatic rings. The number of aromatic amines is 1. The van der Waals surface area contributed by atoms with Gasteiger partial charge in [-0.2, -0.15) is 57.1 Å². The molecule has 1 aromatic heterocycles. The van der Waals surface area contributed by atoms with Gasteiger partial charge in [-0.25, -0.2) is 4.98 Å². The molecule has 2 amide bonds. The van der Waals surface area contributed by atoms with Crippen molar-refractivity contribution in [3.05, 3.63) is 18.2 Å². The van der Waals surface area contributed by atoms with Gasteiger partial charge in [-0.1, -0.05) is 0 Å². The second kappa shape index (κ2) is 10.9. The van der Waals surface area contributed by atoms with Crippen LogP contribution in [0.4, 0.5) is 57.1 Å². The first kappa shape index (κ1) is 32.2. The summed E-state index contributed by atoms with van der Waals surface area (Å²) in [7, 11) is 0. The molecule has 0 spiro atoms. The van der Waals surface area contributed by atoms with Gasteiger partial charge >= 0.3 is 35.8 Å². The number of amides is 2. The van der Waals surface area contributed by atoms with Crippen molar-refractivity contribution in [1.29, 1.82) is 0 Å². The van der Waals surface area contributed by atoms with Crippen LogP contribution in [0, 0.1) is 0 Å². The van der Waals surface area contributed by atoms with E-state index in [1.807, 2.05) is 0 Å². The SMILES string of the molecule is NCCC(=O)NC(Cc1cnc[nH]1)C(=O)NCCC(F)(F)C(F)(F)C(F)(F)C(F)(F)C(F)(F)C(F)(F)F. The van der Waals surface area contributed by atoms with E-state index >= 15 is 0 Å². The molecule has 214 valence electrons. The molecule has 0 aromatic carbocycles. The van der Waals surface area contributed by atoms with Crippen LogP contribution in [0.15, 0.2) is 12.5 Å². The number of carbonyl (C=O) groups is 2. The molecule has 0 bridgehead atoms. The van der Waals surface area contributed by atoms with Crippen LogP contribution in [0.5, 0.6) is 0 Å². The zero-order valence-corrected chi connectivity index (χ0v) is 18.0. The fourth-order valence-electron chi connectivity index (χ4n) is 2.65. The predicted molar refractivity (Wildman–Crippen MR) is 96.3 cm³/mol. The minimum Gasteiger partial charge on any atom is -0.354 e. The number of alkyl halides is 13. The number of imidazole rings is 1. The molecule has 0 aliphatic carbocycles. The van der Waals surface area contributed by atoms with Crippen molar-refractivity contribution in [2.24, 2.45) is 5.73 Å². The Morgan fingerprint density at radius 1 is 0.892 bits per heavy atom. The highest BCUT2D eigenvalue weighted by Gasteiger charge is 2.90. The first-order valence-electron chi connectivity index (χ1n) is 9.77. The second-order valence-electron chi connectivity index (χ2n) is 7.48. The van der Waals surface area contributed by atoms with Crippen LogP contribution in [0.3, 0.4) is 0 Å². The quantitative estimate of drug-likeness (QED) is 0.273. The molecule has 0 saturated carbocycles. The van der Waals surface area contributed by atoms with E-state index in [4.69, 9.17) is 5.73 Å². The van der Waals surface area contributed by atoms with E-state index in [1.165, 1.54) is 5.32 Å². The lowest BCUT2D eigenvalue weighted by molar-refractivity contribution is -0.440. The van der Waals surface area contributed by atoms with Gasteiger partial charge in [-0.3, -0.25) is 9.59 Å². The Labute approximate surface area is 198 Å². The summed E-state index contributed by atoms with van der Waals surface area (Å²) in [6.45, 7) is -1.89. The van der Waals surface area contributed by atoms with Crippen molar-refractivity contribution < 1.29 is 66.7 Å². The van der Waals surface area contributed by atoms with Gasteiger partial charge in [0.2, 0.25) is 11.8 Å². The molecule has 1 unspecified atom stereocenters. The van der Waals surface area contributed by atoms with Gasteiger partial charge in [0.25, 0.3) is 0 Å². The molecular formula is C17H18F13N5O2. The van der Waals surface area contributed by atoms with Crippen molar-refractivity contribution in [3.63, 3.8) is 0 Å². The van der Waals surface area contributed by atoms with E-state index in [2.05, 4.69) is 15.3 Å². The minimum absolute atomic E-state index is 0.178. The molecule has 1 rings (SSSR count). The third-order valence-corrected chi connectivity index (χ3v) is 4.74. The maximum absolute atomic E-state index is 13.8. The number of hydrogen-bond donors (Lipinski definition) is 4. The zero-order chi connectivity index (χ0) is 29.1. The maximum atomic E-state index is 13.8. The van der Waals surface area contributed by atoms with Crippen LogP contribution < -0.4 is 16.4 Å². The summed E-state index contributed by atoms with van der Waals surface area (Å²) in [5, 5.41) is 3.61. The van der Waals surface area contributed by atoms with Crippen molar-refractivity contribution in [1.82, 2.24) is 20.6 Å². The van der Waals surface area contributed by atoms with Crippen molar-refractivity contribution in [2.45, 2.75) is 61.1 Å². The second-order valence-corrected chi connectivity index (χ2v) is 7.48. The summed E-state index contributed by atoms with van der Waals surface area (Å²) < 4.78 is 171. The van der Waals surface area contributed by atoms with E-state index in [0.717, 1.165) is 12.5 Å². The van der Waals surface area contributed by atoms with E-state index in [1.54, 1.807) is 0 Å². The average Bonchev–Trinajstić information content (AvgIpc) is 3.25. The Kier molecular flexibility index (Phi) is 9.49.